The van der Waals surface area contributed by atoms with Crippen molar-refractivity contribution in [3.05, 3.63) is 59.9 Å². The van der Waals surface area contributed by atoms with Crippen LogP contribution >= 0.6 is 0 Å². The van der Waals surface area contributed by atoms with E-state index in [1.165, 1.54) is 30.2 Å². The maximum atomic E-state index is 13.7. The van der Waals surface area contributed by atoms with Gasteiger partial charge < -0.3 is 15.0 Å². The van der Waals surface area contributed by atoms with Crippen LogP contribution in [0, 0.1) is 5.82 Å². The van der Waals surface area contributed by atoms with Gasteiger partial charge in [-0.05, 0) is 56.7 Å². The zero-order valence-electron chi connectivity index (χ0n) is 19.4. The molecule has 2 amide bonds. The average molecular weight is 480 g/mol. The zero-order valence-corrected chi connectivity index (χ0v) is 20.2. The molecule has 0 saturated carbocycles. The highest BCUT2D eigenvalue weighted by molar-refractivity contribution is 7.92. The van der Waals surface area contributed by atoms with Gasteiger partial charge in [0.1, 0.15) is 24.2 Å². The molecule has 180 valence electrons. The van der Waals surface area contributed by atoms with Crippen molar-refractivity contribution >= 4 is 27.5 Å². The van der Waals surface area contributed by atoms with Gasteiger partial charge in [-0.25, -0.2) is 12.8 Å². The quantitative estimate of drug-likeness (QED) is 0.565. The van der Waals surface area contributed by atoms with Crippen molar-refractivity contribution in [2.75, 3.05) is 24.2 Å². The summed E-state index contributed by atoms with van der Waals surface area (Å²) >= 11 is 0. The molecule has 0 unspecified atom stereocenters. The molecule has 0 fully saturated rings. The first-order chi connectivity index (χ1) is 15.4. The minimum atomic E-state index is -3.91. The third-order valence-electron chi connectivity index (χ3n) is 4.86. The lowest BCUT2D eigenvalue weighted by Crippen LogP contribution is -2.52. The van der Waals surface area contributed by atoms with E-state index in [-0.39, 0.29) is 24.2 Å². The number of anilines is 1. The van der Waals surface area contributed by atoms with E-state index in [2.05, 4.69) is 5.32 Å². The predicted molar refractivity (Wildman–Crippen MR) is 125 cm³/mol. The third kappa shape index (κ3) is 7.45. The Labute approximate surface area is 194 Å². The molecule has 0 spiro atoms. The van der Waals surface area contributed by atoms with Gasteiger partial charge in [-0.2, -0.15) is 0 Å². The van der Waals surface area contributed by atoms with Gasteiger partial charge in [-0.1, -0.05) is 18.2 Å². The fraction of sp³-hybridized carbons (Fsp3) is 0.391. The Morgan fingerprint density at radius 3 is 2.33 bits per heavy atom. The fourth-order valence-corrected chi connectivity index (χ4v) is 4.04. The summed E-state index contributed by atoms with van der Waals surface area (Å²) in [4.78, 5) is 27.4. The molecule has 0 aliphatic rings. The summed E-state index contributed by atoms with van der Waals surface area (Å²) in [5.41, 5.74) is 0.718. The molecule has 0 bridgehead atoms. The van der Waals surface area contributed by atoms with E-state index in [1.807, 2.05) is 0 Å². The number of hydrogen-bond donors (Lipinski definition) is 1. The van der Waals surface area contributed by atoms with Crippen LogP contribution in [-0.4, -0.2) is 57.1 Å². The zero-order chi connectivity index (χ0) is 24.8. The first-order valence-electron chi connectivity index (χ1n) is 10.4. The number of methoxy groups -OCH3 is 1. The van der Waals surface area contributed by atoms with Gasteiger partial charge >= 0.3 is 0 Å². The molecule has 0 heterocycles. The first-order valence-corrected chi connectivity index (χ1v) is 12.2. The van der Waals surface area contributed by atoms with Gasteiger partial charge in [-0.15, -0.1) is 0 Å². The highest BCUT2D eigenvalue weighted by Gasteiger charge is 2.30. The smallest absolute Gasteiger partial charge is 0.244 e. The van der Waals surface area contributed by atoms with E-state index in [0.29, 0.717) is 11.3 Å². The van der Waals surface area contributed by atoms with E-state index in [1.54, 1.807) is 45.0 Å². The summed E-state index contributed by atoms with van der Waals surface area (Å²) < 4.78 is 44.7. The summed E-state index contributed by atoms with van der Waals surface area (Å²) in [6, 6.07) is 11.0. The fourth-order valence-electron chi connectivity index (χ4n) is 3.20. The molecule has 0 saturated heterocycles. The van der Waals surface area contributed by atoms with Gasteiger partial charge in [0, 0.05) is 12.6 Å². The number of nitrogens with one attached hydrogen (secondary N) is 1. The van der Waals surface area contributed by atoms with Crippen LogP contribution in [0.1, 0.15) is 26.3 Å². The second kappa shape index (κ2) is 11.1. The van der Waals surface area contributed by atoms with Gasteiger partial charge in [0.05, 0.1) is 19.1 Å². The Morgan fingerprint density at radius 1 is 1.09 bits per heavy atom. The Hall–Kier alpha value is -3.14. The van der Waals surface area contributed by atoms with Crippen LogP contribution in [-0.2, 0) is 26.2 Å². The number of hydrogen-bond acceptors (Lipinski definition) is 5. The molecule has 2 rings (SSSR count). The summed E-state index contributed by atoms with van der Waals surface area (Å²) in [5, 5.41) is 2.77. The number of carbonyl (C=O) groups is 2. The lowest BCUT2D eigenvalue weighted by Gasteiger charge is -2.32. The van der Waals surface area contributed by atoms with Crippen molar-refractivity contribution < 1.29 is 27.1 Å². The Bertz CT molecular complexity index is 1090. The summed E-state index contributed by atoms with van der Waals surface area (Å²) in [6.07, 6.45) is 0.937. The van der Waals surface area contributed by atoms with Crippen molar-refractivity contribution in [3.63, 3.8) is 0 Å². The molecule has 0 radical (unpaired) electrons. The van der Waals surface area contributed by atoms with Gasteiger partial charge in [0.15, 0.2) is 0 Å². The third-order valence-corrected chi connectivity index (χ3v) is 6.00. The number of rotatable bonds is 10. The maximum Gasteiger partial charge on any atom is 0.244 e. The molecule has 1 atom stereocenters. The van der Waals surface area contributed by atoms with Crippen molar-refractivity contribution in [1.29, 1.82) is 0 Å². The Kier molecular flexibility index (Phi) is 8.81. The highest BCUT2D eigenvalue weighted by Crippen LogP contribution is 2.21. The normalized spacial score (nSPS) is 12.2. The van der Waals surface area contributed by atoms with Gasteiger partial charge in [0.25, 0.3) is 0 Å². The molecular formula is C23H30FN3O5S. The van der Waals surface area contributed by atoms with E-state index in [9.17, 15) is 22.4 Å². The van der Waals surface area contributed by atoms with Crippen LogP contribution in [0.3, 0.4) is 0 Å². The second-order valence-electron chi connectivity index (χ2n) is 7.96. The largest absolute Gasteiger partial charge is 0.497 e. The maximum absolute atomic E-state index is 13.7. The van der Waals surface area contributed by atoms with Crippen LogP contribution < -0.4 is 14.4 Å². The average Bonchev–Trinajstić information content (AvgIpc) is 2.74. The molecular weight excluding hydrogens is 449 g/mol. The molecule has 1 N–H and O–H groups in total. The van der Waals surface area contributed by atoms with Crippen molar-refractivity contribution in [2.45, 2.75) is 39.4 Å². The van der Waals surface area contributed by atoms with E-state index in [0.717, 1.165) is 16.6 Å². The van der Waals surface area contributed by atoms with Crippen LogP contribution in [0.15, 0.2) is 48.5 Å². The number of benzene rings is 2. The van der Waals surface area contributed by atoms with Crippen molar-refractivity contribution in [1.82, 2.24) is 10.2 Å². The van der Waals surface area contributed by atoms with E-state index in [4.69, 9.17) is 4.74 Å². The lowest BCUT2D eigenvalue weighted by atomic mass is 10.1. The molecule has 33 heavy (non-hydrogen) atoms. The van der Waals surface area contributed by atoms with Crippen molar-refractivity contribution in [2.24, 2.45) is 0 Å². The minimum absolute atomic E-state index is 0.0199. The van der Waals surface area contributed by atoms with Crippen LogP contribution in [0.2, 0.25) is 0 Å². The van der Waals surface area contributed by atoms with E-state index < -0.39 is 34.3 Å². The second-order valence-corrected chi connectivity index (χ2v) is 9.87. The summed E-state index contributed by atoms with van der Waals surface area (Å²) in [6.45, 7) is 4.63. The monoisotopic (exact) mass is 479 g/mol. The predicted octanol–water partition coefficient (Wildman–Crippen LogP) is 2.54. The lowest BCUT2D eigenvalue weighted by molar-refractivity contribution is -0.139. The Balaban J connectivity index is 2.40. The number of nitrogens with zero attached hydrogens (tertiary/aromatic N) is 2. The number of sulfonamides is 1. The number of carbonyl (C=O) groups excluding carboxylic acids is 2. The van der Waals surface area contributed by atoms with Crippen molar-refractivity contribution in [3.8, 4) is 5.75 Å². The minimum Gasteiger partial charge on any atom is -0.497 e. The SMILES string of the molecule is COc1cccc(CN(C(=O)CN(c2cccc(F)c2)S(C)(=O)=O)[C@H](C)C(=O)NC(C)C)c1. The first kappa shape index (κ1) is 26.1. The van der Waals surface area contributed by atoms with Crippen LogP contribution in [0.4, 0.5) is 10.1 Å². The highest BCUT2D eigenvalue weighted by atomic mass is 32.2. The summed E-state index contributed by atoms with van der Waals surface area (Å²) in [5.74, 6) is -1.04. The van der Waals surface area contributed by atoms with E-state index >= 15 is 0 Å². The number of ether oxygens (including phenoxy) is 1. The molecule has 0 aliphatic heterocycles. The summed E-state index contributed by atoms with van der Waals surface area (Å²) in [7, 11) is -2.40. The van der Waals surface area contributed by atoms with Crippen LogP contribution in [0.5, 0.6) is 5.75 Å². The topological polar surface area (TPSA) is 96.0 Å². The number of amides is 2. The van der Waals surface area contributed by atoms with Crippen LogP contribution in [0.25, 0.3) is 0 Å². The molecule has 8 nitrogen and oxygen atoms in total. The van der Waals surface area contributed by atoms with Gasteiger partial charge in [0.2, 0.25) is 21.8 Å². The number of halogens is 1. The molecule has 10 heteroatoms. The standard InChI is InChI=1S/C23H30FN3O5S/c1-16(2)25-23(29)17(3)26(14-18-8-6-11-21(12-18)32-4)22(28)15-27(33(5,30)31)20-10-7-9-19(24)13-20/h6-13,16-17H,14-15H2,1-5H3,(H,25,29)/t17-/m1/s1. The molecule has 0 aliphatic carbocycles. The van der Waals surface area contributed by atoms with Gasteiger partial charge in [-0.3, -0.25) is 13.9 Å². The Morgan fingerprint density at radius 2 is 1.76 bits per heavy atom. The molecule has 0 aromatic heterocycles. The molecule has 2 aromatic carbocycles. The molecule has 2 aromatic rings.